The number of benzene rings is 3. The van der Waals surface area contributed by atoms with Crippen LogP contribution < -0.4 is 4.90 Å². The van der Waals surface area contributed by atoms with Crippen LogP contribution in [0.1, 0.15) is 16.7 Å². The molecule has 0 aliphatic rings. The third kappa shape index (κ3) is 5.68. The highest BCUT2D eigenvalue weighted by Crippen LogP contribution is 2.18. The highest BCUT2D eigenvalue weighted by atomic mass is 79.9. The standard InChI is InChI=1S/C24H23BrN2O2S/c1-18-4-15-23(16-5-18)30(28,29)26-24(20-9-11-21(25)12-10-20)17-8-19-6-13-22(14-7-19)27(2)3/h4-17H,1-3H3/b17-8+,26-24?. The highest BCUT2D eigenvalue weighted by molar-refractivity contribution is 9.10. The largest absolute Gasteiger partial charge is 0.378 e. The molecular weight excluding hydrogens is 460 g/mol. The molecular formula is C24H23BrN2O2S. The second kappa shape index (κ2) is 9.41. The van der Waals surface area contributed by atoms with Gasteiger partial charge < -0.3 is 4.90 Å². The molecule has 0 spiro atoms. The molecule has 0 aliphatic heterocycles. The molecule has 0 fully saturated rings. The van der Waals surface area contributed by atoms with Crippen molar-refractivity contribution in [3.63, 3.8) is 0 Å². The Morgan fingerprint density at radius 3 is 2.07 bits per heavy atom. The highest BCUT2D eigenvalue weighted by Gasteiger charge is 2.14. The number of anilines is 1. The number of nitrogens with zero attached hydrogens (tertiary/aromatic N) is 2. The van der Waals surface area contributed by atoms with Gasteiger partial charge in [-0.25, -0.2) is 0 Å². The summed E-state index contributed by atoms with van der Waals surface area (Å²) in [5.74, 6) is 0. The van der Waals surface area contributed by atoms with Crippen molar-refractivity contribution in [1.82, 2.24) is 0 Å². The molecule has 30 heavy (non-hydrogen) atoms. The fourth-order valence-electron chi connectivity index (χ4n) is 2.75. The van der Waals surface area contributed by atoms with E-state index in [0.29, 0.717) is 5.71 Å². The summed E-state index contributed by atoms with van der Waals surface area (Å²) in [6.07, 6.45) is 3.60. The Hall–Kier alpha value is -2.70. The van der Waals surface area contributed by atoms with Gasteiger partial charge in [-0.15, -0.1) is 0 Å². The molecule has 0 radical (unpaired) electrons. The zero-order valence-corrected chi connectivity index (χ0v) is 19.5. The van der Waals surface area contributed by atoms with Gasteiger partial charge in [0.15, 0.2) is 0 Å². The molecule has 0 saturated heterocycles. The van der Waals surface area contributed by atoms with Gasteiger partial charge in [-0.3, -0.25) is 0 Å². The molecule has 3 aromatic carbocycles. The second-order valence-corrected chi connectivity index (χ2v) is 9.61. The first kappa shape index (κ1) is 22.0. The Kier molecular flexibility index (Phi) is 6.90. The quantitative estimate of drug-likeness (QED) is 0.422. The number of rotatable bonds is 6. The zero-order chi connectivity index (χ0) is 21.7. The van der Waals surface area contributed by atoms with E-state index in [4.69, 9.17) is 0 Å². The maximum Gasteiger partial charge on any atom is 0.282 e. The van der Waals surface area contributed by atoms with E-state index >= 15 is 0 Å². The lowest BCUT2D eigenvalue weighted by atomic mass is 10.1. The molecule has 0 saturated carbocycles. The van der Waals surface area contributed by atoms with Gasteiger partial charge in [-0.2, -0.15) is 12.8 Å². The Bertz CT molecular complexity index is 1160. The van der Waals surface area contributed by atoms with Gasteiger partial charge in [0, 0.05) is 29.8 Å². The van der Waals surface area contributed by atoms with E-state index < -0.39 is 10.0 Å². The van der Waals surface area contributed by atoms with Crippen LogP contribution in [0.25, 0.3) is 6.08 Å². The van der Waals surface area contributed by atoms with Crippen molar-refractivity contribution in [2.24, 2.45) is 4.40 Å². The first-order valence-electron chi connectivity index (χ1n) is 9.38. The van der Waals surface area contributed by atoms with Crippen LogP contribution in [0.2, 0.25) is 0 Å². The molecule has 0 aliphatic carbocycles. The molecule has 0 heterocycles. The van der Waals surface area contributed by atoms with Crippen LogP contribution in [0.5, 0.6) is 0 Å². The van der Waals surface area contributed by atoms with Crippen molar-refractivity contribution in [2.75, 3.05) is 19.0 Å². The monoisotopic (exact) mass is 482 g/mol. The molecule has 4 nitrogen and oxygen atoms in total. The number of allylic oxidation sites excluding steroid dienone is 1. The minimum absolute atomic E-state index is 0.173. The molecule has 0 N–H and O–H groups in total. The summed E-state index contributed by atoms with van der Waals surface area (Å²) in [4.78, 5) is 2.20. The second-order valence-electron chi connectivity index (χ2n) is 7.09. The lowest BCUT2D eigenvalue weighted by Crippen LogP contribution is -2.07. The van der Waals surface area contributed by atoms with E-state index in [1.54, 1.807) is 30.3 Å². The summed E-state index contributed by atoms with van der Waals surface area (Å²) in [6, 6.07) is 22.1. The SMILES string of the molecule is Cc1ccc(S(=O)(=O)N=C(/C=C/c2ccc(N(C)C)cc2)c2ccc(Br)cc2)cc1. The van der Waals surface area contributed by atoms with E-state index in [-0.39, 0.29) is 4.90 Å². The first-order valence-corrected chi connectivity index (χ1v) is 11.6. The van der Waals surface area contributed by atoms with Crippen molar-refractivity contribution >= 4 is 43.4 Å². The summed E-state index contributed by atoms with van der Waals surface area (Å²) in [5, 5.41) is 0. The number of sulfonamides is 1. The van der Waals surface area contributed by atoms with Crippen LogP contribution >= 0.6 is 15.9 Å². The Balaban J connectivity index is 2.01. The summed E-state index contributed by atoms with van der Waals surface area (Å²) in [6.45, 7) is 1.91. The maximum atomic E-state index is 12.9. The van der Waals surface area contributed by atoms with E-state index in [1.165, 1.54) is 0 Å². The van der Waals surface area contributed by atoms with Gasteiger partial charge in [0.05, 0.1) is 10.6 Å². The molecule has 154 valence electrons. The van der Waals surface area contributed by atoms with Crippen molar-refractivity contribution < 1.29 is 8.42 Å². The topological polar surface area (TPSA) is 49.7 Å². The van der Waals surface area contributed by atoms with Crippen molar-refractivity contribution in [1.29, 1.82) is 0 Å². The molecule has 0 amide bonds. The van der Waals surface area contributed by atoms with Gasteiger partial charge in [0.1, 0.15) is 0 Å². The van der Waals surface area contributed by atoms with Crippen molar-refractivity contribution in [3.8, 4) is 0 Å². The fourth-order valence-corrected chi connectivity index (χ4v) is 4.03. The van der Waals surface area contributed by atoms with E-state index in [0.717, 1.165) is 26.9 Å². The molecule has 3 rings (SSSR count). The average molecular weight is 483 g/mol. The summed E-state index contributed by atoms with van der Waals surface area (Å²) < 4.78 is 30.8. The van der Waals surface area contributed by atoms with Crippen LogP contribution in [0.15, 0.2) is 92.6 Å². The Morgan fingerprint density at radius 1 is 0.900 bits per heavy atom. The van der Waals surface area contributed by atoms with Crippen LogP contribution in [-0.2, 0) is 10.0 Å². The minimum Gasteiger partial charge on any atom is -0.378 e. The first-order chi connectivity index (χ1) is 14.2. The Labute approximate surface area is 186 Å². The summed E-state index contributed by atoms with van der Waals surface area (Å²) >= 11 is 3.41. The molecule has 6 heteroatoms. The van der Waals surface area contributed by atoms with Gasteiger partial charge in [-0.1, -0.05) is 64.0 Å². The fraction of sp³-hybridized carbons (Fsp3) is 0.125. The third-order valence-electron chi connectivity index (χ3n) is 4.52. The van der Waals surface area contributed by atoms with Gasteiger partial charge >= 0.3 is 0 Å². The molecule has 0 bridgehead atoms. The molecule has 3 aromatic rings. The van der Waals surface area contributed by atoms with Crippen LogP contribution in [0.3, 0.4) is 0 Å². The Morgan fingerprint density at radius 2 is 1.50 bits per heavy atom. The number of aryl methyl sites for hydroxylation is 1. The average Bonchev–Trinajstić information content (AvgIpc) is 2.72. The normalized spacial score (nSPS) is 12.3. The summed E-state index contributed by atoms with van der Waals surface area (Å²) in [5.41, 5.74) is 4.14. The van der Waals surface area contributed by atoms with Crippen LogP contribution in [-0.4, -0.2) is 28.2 Å². The van der Waals surface area contributed by atoms with Crippen molar-refractivity contribution in [3.05, 3.63) is 100 Å². The smallest absolute Gasteiger partial charge is 0.282 e. The molecule has 0 unspecified atom stereocenters. The lowest BCUT2D eigenvalue weighted by Gasteiger charge is -2.11. The lowest BCUT2D eigenvalue weighted by molar-refractivity contribution is 0.598. The third-order valence-corrected chi connectivity index (χ3v) is 6.35. The van der Waals surface area contributed by atoms with Gasteiger partial charge in [0.2, 0.25) is 0 Å². The number of hydrogen-bond donors (Lipinski definition) is 0. The minimum atomic E-state index is -3.84. The van der Waals surface area contributed by atoms with E-state index in [2.05, 4.69) is 20.3 Å². The van der Waals surface area contributed by atoms with Crippen molar-refractivity contribution in [2.45, 2.75) is 11.8 Å². The van der Waals surface area contributed by atoms with Crippen LogP contribution in [0.4, 0.5) is 5.69 Å². The predicted octanol–water partition coefficient (Wildman–Crippen LogP) is 5.71. The predicted molar refractivity (Wildman–Crippen MR) is 129 cm³/mol. The van der Waals surface area contributed by atoms with Gasteiger partial charge in [0.25, 0.3) is 10.0 Å². The zero-order valence-electron chi connectivity index (χ0n) is 17.1. The van der Waals surface area contributed by atoms with E-state index in [1.807, 2.05) is 80.5 Å². The summed E-state index contributed by atoms with van der Waals surface area (Å²) in [7, 11) is 0.132. The maximum absolute atomic E-state index is 12.9. The number of halogens is 1. The van der Waals surface area contributed by atoms with Gasteiger partial charge in [-0.05, 0) is 55.0 Å². The molecule has 0 aromatic heterocycles. The number of hydrogen-bond acceptors (Lipinski definition) is 3. The van der Waals surface area contributed by atoms with E-state index in [9.17, 15) is 8.42 Å². The van der Waals surface area contributed by atoms with Crippen LogP contribution in [0, 0.1) is 6.92 Å². The molecule has 0 atom stereocenters.